The SMILES string of the molecule is Cc1cccc(N(c2ccc(-c3cccc(-c4ccccc4)c3)cc2)c2ccc3c(c2)C(C)(C)c2cc(-c4ccc(-c5ccc(-c6ccccc6)cc5)cc4)ccc2-3)c1. The van der Waals surface area contributed by atoms with Crippen LogP contribution < -0.4 is 4.90 Å². The van der Waals surface area contributed by atoms with Crippen LogP contribution in [0, 0.1) is 6.92 Å². The van der Waals surface area contributed by atoms with Crippen LogP contribution >= 0.6 is 0 Å². The van der Waals surface area contributed by atoms with Crippen LogP contribution in [0.3, 0.4) is 0 Å². The third-order valence-electron chi connectivity index (χ3n) is 12.1. The molecule has 1 aliphatic carbocycles. The topological polar surface area (TPSA) is 3.24 Å². The van der Waals surface area contributed by atoms with Crippen molar-refractivity contribution in [3.05, 3.63) is 235 Å². The van der Waals surface area contributed by atoms with E-state index in [1.165, 1.54) is 83.5 Å². The molecule has 0 bridgehead atoms. The number of rotatable bonds is 8. The average molecular weight is 756 g/mol. The van der Waals surface area contributed by atoms with Gasteiger partial charge in [-0.2, -0.15) is 0 Å². The van der Waals surface area contributed by atoms with Gasteiger partial charge in [-0.3, -0.25) is 0 Å². The summed E-state index contributed by atoms with van der Waals surface area (Å²) in [5, 5.41) is 0. The molecule has 0 saturated heterocycles. The molecule has 59 heavy (non-hydrogen) atoms. The molecular weight excluding hydrogens is 711 g/mol. The highest BCUT2D eigenvalue weighted by Crippen LogP contribution is 2.51. The Morgan fingerprint density at radius 1 is 0.288 bits per heavy atom. The molecule has 0 aliphatic heterocycles. The zero-order valence-electron chi connectivity index (χ0n) is 33.7. The van der Waals surface area contributed by atoms with Crippen LogP contribution in [0.4, 0.5) is 17.1 Å². The second-order valence-corrected chi connectivity index (χ2v) is 16.3. The number of aryl methyl sites for hydroxylation is 1. The minimum atomic E-state index is -0.178. The highest BCUT2D eigenvalue weighted by molar-refractivity contribution is 5.88. The van der Waals surface area contributed by atoms with Gasteiger partial charge < -0.3 is 4.90 Å². The van der Waals surface area contributed by atoms with Crippen LogP contribution in [0.15, 0.2) is 218 Å². The van der Waals surface area contributed by atoms with Crippen LogP contribution in [0.1, 0.15) is 30.5 Å². The molecule has 0 saturated carbocycles. The fraction of sp³-hybridized carbons (Fsp3) is 0.0690. The van der Waals surface area contributed by atoms with Crippen molar-refractivity contribution in [2.24, 2.45) is 0 Å². The minimum Gasteiger partial charge on any atom is -0.310 e. The molecule has 0 amide bonds. The summed E-state index contributed by atoms with van der Waals surface area (Å²) in [7, 11) is 0. The molecule has 0 spiro atoms. The second kappa shape index (κ2) is 14.9. The Morgan fingerprint density at radius 3 is 1.22 bits per heavy atom. The van der Waals surface area contributed by atoms with Crippen molar-refractivity contribution < 1.29 is 0 Å². The van der Waals surface area contributed by atoms with Gasteiger partial charge in [0.15, 0.2) is 0 Å². The van der Waals surface area contributed by atoms with E-state index in [0.29, 0.717) is 0 Å². The number of benzene rings is 9. The van der Waals surface area contributed by atoms with Gasteiger partial charge in [-0.1, -0.05) is 184 Å². The van der Waals surface area contributed by atoms with E-state index in [4.69, 9.17) is 0 Å². The smallest absolute Gasteiger partial charge is 0.0465 e. The first kappa shape index (κ1) is 36.1. The fourth-order valence-corrected chi connectivity index (χ4v) is 8.91. The quantitative estimate of drug-likeness (QED) is 0.149. The van der Waals surface area contributed by atoms with Gasteiger partial charge in [0.05, 0.1) is 0 Å². The number of fused-ring (bicyclic) bond motifs is 3. The Bertz CT molecular complexity index is 2920. The van der Waals surface area contributed by atoms with E-state index in [1.54, 1.807) is 0 Å². The molecule has 0 aromatic heterocycles. The summed E-state index contributed by atoms with van der Waals surface area (Å²) in [6.07, 6.45) is 0. The zero-order chi connectivity index (χ0) is 39.9. The first-order valence-electron chi connectivity index (χ1n) is 20.6. The Balaban J connectivity index is 0.947. The highest BCUT2D eigenvalue weighted by Gasteiger charge is 2.36. The Morgan fingerprint density at radius 2 is 0.661 bits per heavy atom. The molecule has 1 aliphatic rings. The molecule has 1 nitrogen and oxygen atoms in total. The number of hydrogen-bond acceptors (Lipinski definition) is 1. The molecule has 0 atom stereocenters. The molecule has 9 aromatic rings. The number of nitrogens with zero attached hydrogens (tertiary/aromatic N) is 1. The third kappa shape index (κ3) is 6.85. The largest absolute Gasteiger partial charge is 0.310 e. The summed E-state index contributed by atoms with van der Waals surface area (Å²) >= 11 is 0. The summed E-state index contributed by atoms with van der Waals surface area (Å²) in [4.78, 5) is 2.40. The molecule has 282 valence electrons. The van der Waals surface area contributed by atoms with E-state index in [9.17, 15) is 0 Å². The minimum absolute atomic E-state index is 0.178. The molecule has 0 N–H and O–H groups in total. The Hall–Kier alpha value is -7.22. The number of hydrogen-bond donors (Lipinski definition) is 0. The lowest BCUT2D eigenvalue weighted by Crippen LogP contribution is -2.16. The van der Waals surface area contributed by atoms with Crippen molar-refractivity contribution in [1.29, 1.82) is 0 Å². The predicted octanol–water partition coefficient (Wildman–Crippen LogP) is 16.1. The first-order valence-corrected chi connectivity index (χ1v) is 20.6. The molecule has 0 heterocycles. The molecule has 0 radical (unpaired) electrons. The molecule has 0 unspecified atom stereocenters. The van der Waals surface area contributed by atoms with Gasteiger partial charge in [0.25, 0.3) is 0 Å². The molecule has 10 rings (SSSR count). The van der Waals surface area contributed by atoms with E-state index in [0.717, 1.165) is 17.1 Å². The van der Waals surface area contributed by atoms with Crippen molar-refractivity contribution >= 4 is 17.1 Å². The summed E-state index contributed by atoms with van der Waals surface area (Å²) < 4.78 is 0. The summed E-state index contributed by atoms with van der Waals surface area (Å²) in [5.41, 5.74) is 22.1. The Labute approximate surface area is 348 Å². The van der Waals surface area contributed by atoms with Gasteiger partial charge in [0, 0.05) is 22.5 Å². The Kier molecular flexibility index (Phi) is 9.15. The average Bonchev–Trinajstić information content (AvgIpc) is 3.52. The lowest BCUT2D eigenvalue weighted by Gasteiger charge is -2.28. The maximum atomic E-state index is 2.42. The lowest BCUT2D eigenvalue weighted by molar-refractivity contribution is 0.660. The normalized spacial score (nSPS) is 12.5. The van der Waals surface area contributed by atoms with Crippen molar-refractivity contribution in [3.8, 4) is 66.8 Å². The van der Waals surface area contributed by atoms with Crippen molar-refractivity contribution in [1.82, 2.24) is 0 Å². The van der Waals surface area contributed by atoms with E-state index in [2.05, 4.69) is 244 Å². The van der Waals surface area contributed by atoms with Crippen molar-refractivity contribution in [3.63, 3.8) is 0 Å². The van der Waals surface area contributed by atoms with Crippen LogP contribution in [-0.2, 0) is 5.41 Å². The van der Waals surface area contributed by atoms with Crippen LogP contribution in [0.2, 0.25) is 0 Å². The van der Waals surface area contributed by atoms with Crippen LogP contribution in [-0.4, -0.2) is 0 Å². The highest BCUT2D eigenvalue weighted by atomic mass is 15.1. The fourth-order valence-electron chi connectivity index (χ4n) is 8.91. The van der Waals surface area contributed by atoms with Gasteiger partial charge in [0.2, 0.25) is 0 Å². The lowest BCUT2D eigenvalue weighted by atomic mass is 9.81. The van der Waals surface area contributed by atoms with Crippen LogP contribution in [0.25, 0.3) is 66.8 Å². The first-order chi connectivity index (χ1) is 28.9. The summed E-state index contributed by atoms with van der Waals surface area (Å²) in [6, 6.07) is 79.8. The molecule has 1 heteroatoms. The van der Waals surface area contributed by atoms with E-state index in [1.807, 2.05) is 0 Å². The van der Waals surface area contributed by atoms with Gasteiger partial charge in [0.1, 0.15) is 0 Å². The molecule has 0 fully saturated rings. The monoisotopic (exact) mass is 755 g/mol. The maximum Gasteiger partial charge on any atom is 0.0465 e. The molecule has 9 aromatic carbocycles. The molecular formula is C58H45N. The van der Waals surface area contributed by atoms with E-state index < -0.39 is 0 Å². The maximum absolute atomic E-state index is 2.42. The number of anilines is 3. The standard InChI is InChI=1S/C58H45N/c1-40-12-10-19-52(36-40)59(51-31-28-47(29-32-51)49-18-11-17-48(37-49)42-15-8-5-9-16-42)53-33-35-55-54-34-30-50(38-56(54)58(2,3)57(55)39-53)46-26-24-45(25-27-46)44-22-20-43(21-23-44)41-13-6-4-7-14-41/h4-39H,1-3H3. The van der Waals surface area contributed by atoms with E-state index in [-0.39, 0.29) is 5.41 Å². The predicted molar refractivity (Wildman–Crippen MR) is 251 cm³/mol. The zero-order valence-corrected chi connectivity index (χ0v) is 33.7. The van der Waals surface area contributed by atoms with Gasteiger partial charge in [-0.05, 0) is 139 Å². The third-order valence-corrected chi connectivity index (χ3v) is 12.1. The van der Waals surface area contributed by atoms with Gasteiger partial charge in [-0.25, -0.2) is 0 Å². The van der Waals surface area contributed by atoms with Gasteiger partial charge in [-0.15, -0.1) is 0 Å². The van der Waals surface area contributed by atoms with E-state index >= 15 is 0 Å². The summed E-state index contributed by atoms with van der Waals surface area (Å²) in [5.74, 6) is 0. The second-order valence-electron chi connectivity index (χ2n) is 16.3. The van der Waals surface area contributed by atoms with Crippen molar-refractivity contribution in [2.75, 3.05) is 4.90 Å². The van der Waals surface area contributed by atoms with Crippen molar-refractivity contribution in [2.45, 2.75) is 26.2 Å². The van der Waals surface area contributed by atoms with Gasteiger partial charge >= 0.3 is 0 Å². The van der Waals surface area contributed by atoms with Crippen LogP contribution in [0.5, 0.6) is 0 Å². The summed E-state index contributed by atoms with van der Waals surface area (Å²) in [6.45, 7) is 6.92.